The number of aliphatic hydroxyl groups excluding tert-OH is 1. The van der Waals surface area contributed by atoms with Gasteiger partial charge in [0.05, 0.1) is 6.10 Å². The Kier molecular flexibility index (Phi) is 5.30. The van der Waals surface area contributed by atoms with E-state index in [9.17, 15) is 9.90 Å². The van der Waals surface area contributed by atoms with Crippen LogP contribution in [0.5, 0.6) is 0 Å². The van der Waals surface area contributed by atoms with Gasteiger partial charge in [0.2, 0.25) is 0 Å². The zero-order valence-corrected chi connectivity index (χ0v) is 11.9. The average Bonchev–Trinajstić information content (AvgIpc) is 2.24. The summed E-state index contributed by atoms with van der Waals surface area (Å²) in [6.45, 7) is 7.16. The maximum atomic E-state index is 11.6. The standard InChI is InChI=1S/C14H22N2O3/c1-10(17)5-6-11-7-8-15-12(9-11)16-13(18)19-14(2,3)4/h7-10,17H,5-6H2,1-4H3,(H,15,16,18). The number of aromatic nitrogens is 1. The number of pyridine rings is 1. The van der Waals surface area contributed by atoms with Gasteiger partial charge in [-0.15, -0.1) is 0 Å². The number of carbonyl (C=O) groups excluding carboxylic acids is 1. The van der Waals surface area contributed by atoms with E-state index in [2.05, 4.69) is 10.3 Å². The quantitative estimate of drug-likeness (QED) is 0.879. The summed E-state index contributed by atoms with van der Waals surface area (Å²) < 4.78 is 5.15. The van der Waals surface area contributed by atoms with E-state index in [1.165, 1.54) is 0 Å². The summed E-state index contributed by atoms with van der Waals surface area (Å²) in [4.78, 5) is 15.7. The third kappa shape index (κ3) is 6.76. The van der Waals surface area contributed by atoms with Gasteiger partial charge in [-0.05, 0) is 58.2 Å². The van der Waals surface area contributed by atoms with Gasteiger partial charge in [-0.1, -0.05) is 0 Å². The second-order valence-corrected chi connectivity index (χ2v) is 5.56. The Hall–Kier alpha value is -1.62. The number of carbonyl (C=O) groups is 1. The highest BCUT2D eigenvalue weighted by Crippen LogP contribution is 2.12. The van der Waals surface area contributed by atoms with Crippen LogP contribution in [0.15, 0.2) is 18.3 Å². The number of hydrogen-bond donors (Lipinski definition) is 2. The molecule has 0 saturated heterocycles. The molecule has 106 valence electrons. The van der Waals surface area contributed by atoms with Gasteiger partial charge in [0.15, 0.2) is 0 Å². The lowest BCUT2D eigenvalue weighted by Gasteiger charge is -2.19. The van der Waals surface area contributed by atoms with Crippen molar-refractivity contribution in [3.63, 3.8) is 0 Å². The minimum atomic E-state index is -0.534. The van der Waals surface area contributed by atoms with Crippen LogP contribution in [0.1, 0.15) is 39.7 Å². The first kappa shape index (κ1) is 15.4. The molecule has 5 heteroatoms. The molecule has 0 radical (unpaired) electrons. The first-order valence-corrected chi connectivity index (χ1v) is 6.39. The molecule has 0 aromatic carbocycles. The fourth-order valence-electron chi connectivity index (χ4n) is 1.48. The number of anilines is 1. The number of nitrogens with zero attached hydrogens (tertiary/aromatic N) is 1. The summed E-state index contributed by atoms with van der Waals surface area (Å²) in [5, 5.41) is 11.8. The molecule has 1 rings (SSSR count). The van der Waals surface area contributed by atoms with Gasteiger partial charge in [-0.2, -0.15) is 0 Å². The summed E-state index contributed by atoms with van der Waals surface area (Å²) in [5.74, 6) is 0.456. The van der Waals surface area contributed by atoms with Crippen LogP contribution in [0.2, 0.25) is 0 Å². The normalized spacial score (nSPS) is 12.9. The van der Waals surface area contributed by atoms with E-state index >= 15 is 0 Å². The Balaban J connectivity index is 2.59. The average molecular weight is 266 g/mol. The molecule has 1 atom stereocenters. The number of nitrogens with one attached hydrogen (secondary N) is 1. The molecule has 0 aliphatic rings. The number of ether oxygens (including phenoxy) is 1. The SMILES string of the molecule is CC(O)CCc1ccnc(NC(=O)OC(C)(C)C)c1. The van der Waals surface area contributed by atoms with Gasteiger partial charge in [0.1, 0.15) is 11.4 Å². The van der Waals surface area contributed by atoms with E-state index in [1.54, 1.807) is 40.0 Å². The van der Waals surface area contributed by atoms with E-state index in [4.69, 9.17) is 4.74 Å². The lowest BCUT2D eigenvalue weighted by Crippen LogP contribution is -2.27. The van der Waals surface area contributed by atoms with Crippen LogP contribution in [0.4, 0.5) is 10.6 Å². The number of rotatable bonds is 4. The minimum absolute atomic E-state index is 0.338. The molecule has 1 aromatic rings. The molecule has 0 saturated carbocycles. The molecule has 19 heavy (non-hydrogen) atoms. The summed E-state index contributed by atoms with van der Waals surface area (Å²) in [7, 11) is 0. The topological polar surface area (TPSA) is 71.5 Å². The van der Waals surface area contributed by atoms with Gasteiger partial charge in [0, 0.05) is 6.20 Å². The van der Waals surface area contributed by atoms with Crippen LogP contribution in [-0.4, -0.2) is 27.9 Å². The highest BCUT2D eigenvalue weighted by molar-refractivity contribution is 5.83. The molecule has 5 nitrogen and oxygen atoms in total. The summed E-state index contributed by atoms with van der Waals surface area (Å²) in [6.07, 6.45) is 2.19. The van der Waals surface area contributed by atoms with Crippen molar-refractivity contribution >= 4 is 11.9 Å². The molecule has 0 bridgehead atoms. The van der Waals surface area contributed by atoms with Crippen LogP contribution in [0.3, 0.4) is 0 Å². The zero-order chi connectivity index (χ0) is 14.5. The van der Waals surface area contributed by atoms with Crippen molar-refractivity contribution in [1.29, 1.82) is 0 Å². The number of amides is 1. The largest absolute Gasteiger partial charge is 0.444 e. The van der Waals surface area contributed by atoms with Gasteiger partial charge in [-0.3, -0.25) is 5.32 Å². The molecule has 0 aliphatic heterocycles. The zero-order valence-electron chi connectivity index (χ0n) is 11.9. The van der Waals surface area contributed by atoms with E-state index in [0.29, 0.717) is 12.2 Å². The summed E-state index contributed by atoms with van der Waals surface area (Å²) in [5.41, 5.74) is 0.482. The fourth-order valence-corrected chi connectivity index (χ4v) is 1.48. The van der Waals surface area contributed by atoms with Crippen molar-refractivity contribution < 1.29 is 14.6 Å². The lowest BCUT2D eigenvalue weighted by molar-refractivity contribution is 0.0635. The first-order chi connectivity index (χ1) is 8.76. The predicted octanol–water partition coefficient (Wildman–Crippen LogP) is 2.74. The van der Waals surface area contributed by atoms with E-state index in [-0.39, 0.29) is 6.10 Å². The van der Waals surface area contributed by atoms with Crippen LogP contribution >= 0.6 is 0 Å². The van der Waals surface area contributed by atoms with Crippen molar-refractivity contribution in [2.24, 2.45) is 0 Å². The monoisotopic (exact) mass is 266 g/mol. The van der Waals surface area contributed by atoms with Crippen LogP contribution in [-0.2, 0) is 11.2 Å². The molecular formula is C14H22N2O3. The highest BCUT2D eigenvalue weighted by Gasteiger charge is 2.16. The fraction of sp³-hybridized carbons (Fsp3) is 0.571. The highest BCUT2D eigenvalue weighted by atomic mass is 16.6. The number of hydrogen-bond acceptors (Lipinski definition) is 4. The van der Waals surface area contributed by atoms with Gasteiger partial charge < -0.3 is 9.84 Å². The first-order valence-electron chi connectivity index (χ1n) is 6.39. The maximum Gasteiger partial charge on any atom is 0.413 e. The predicted molar refractivity (Wildman–Crippen MR) is 74.1 cm³/mol. The van der Waals surface area contributed by atoms with E-state index < -0.39 is 11.7 Å². The molecule has 2 N–H and O–H groups in total. The second kappa shape index (κ2) is 6.52. The van der Waals surface area contributed by atoms with Crippen molar-refractivity contribution in [2.45, 2.75) is 52.2 Å². The van der Waals surface area contributed by atoms with Crippen molar-refractivity contribution in [3.05, 3.63) is 23.9 Å². The Bertz CT molecular complexity index is 425. The maximum absolute atomic E-state index is 11.6. The molecule has 0 spiro atoms. The Morgan fingerprint density at radius 3 is 2.79 bits per heavy atom. The van der Waals surface area contributed by atoms with E-state index in [0.717, 1.165) is 12.0 Å². The molecular weight excluding hydrogens is 244 g/mol. The smallest absolute Gasteiger partial charge is 0.413 e. The van der Waals surface area contributed by atoms with Crippen LogP contribution in [0.25, 0.3) is 0 Å². The molecule has 1 aromatic heterocycles. The molecule has 1 heterocycles. The number of aliphatic hydroxyl groups is 1. The molecule has 1 unspecified atom stereocenters. The third-order valence-electron chi connectivity index (χ3n) is 2.30. The van der Waals surface area contributed by atoms with Crippen molar-refractivity contribution in [3.8, 4) is 0 Å². The van der Waals surface area contributed by atoms with Gasteiger partial charge in [-0.25, -0.2) is 9.78 Å². The lowest BCUT2D eigenvalue weighted by atomic mass is 10.1. The molecule has 0 fully saturated rings. The second-order valence-electron chi connectivity index (χ2n) is 5.56. The minimum Gasteiger partial charge on any atom is -0.444 e. The summed E-state index contributed by atoms with van der Waals surface area (Å²) in [6, 6.07) is 3.65. The van der Waals surface area contributed by atoms with Crippen LogP contribution < -0.4 is 5.32 Å². The van der Waals surface area contributed by atoms with Crippen molar-refractivity contribution in [2.75, 3.05) is 5.32 Å². The Labute approximate surface area is 114 Å². The molecule has 0 aliphatic carbocycles. The summed E-state index contributed by atoms with van der Waals surface area (Å²) >= 11 is 0. The van der Waals surface area contributed by atoms with Crippen molar-refractivity contribution in [1.82, 2.24) is 4.98 Å². The van der Waals surface area contributed by atoms with Gasteiger partial charge >= 0.3 is 6.09 Å². The molecule has 1 amide bonds. The van der Waals surface area contributed by atoms with E-state index in [1.807, 2.05) is 6.07 Å². The Morgan fingerprint density at radius 1 is 1.53 bits per heavy atom. The van der Waals surface area contributed by atoms with Gasteiger partial charge in [0.25, 0.3) is 0 Å². The van der Waals surface area contributed by atoms with Crippen LogP contribution in [0, 0.1) is 0 Å². The third-order valence-corrected chi connectivity index (χ3v) is 2.30. The number of aryl methyl sites for hydroxylation is 1. The Morgan fingerprint density at radius 2 is 2.21 bits per heavy atom.